The van der Waals surface area contributed by atoms with Crippen molar-refractivity contribution >= 4 is 35.2 Å². The molecule has 0 bridgehead atoms. The fraction of sp³-hybridized carbons (Fsp3) is 0.167. The Kier molecular flexibility index (Phi) is 5.04. The number of carbonyl (C=O) groups is 3. The van der Waals surface area contributed by atoms with Gasteiger partial charge in [0.25, 0.3) is 5.91 Å². The molecule has 2 aromatic rings. The second-order valence-electron chi connectivity index (χ2n) is 5.61. The number of aryl methyl sites for hydroxylation is 1. The molecule has 128 valence electrons. The molecule has 7 heteroatoms. The molecule has 3 rings (SSSR count). The minimum Gasteiger partial charge on any atom is -0.324 e. The van der Waals surface area contributed by atoms with Crippen LogP contribution in [0.15, 0.2) is 53.4 Å². The monoisotopic (exact) mass is 355 g/mol. The number of hydrogen-bond acceptors (Lipinski definition) is 4. The number of anilines is 1. The molecule has 0 unspecified atom stereocenters. The summed E-state index contributed by atoms with van der Waals surface area (Å²) in [6, 6.07) is 14.5. The topological polar surface area (TPSA) is 87.3 Å². The number of thioether (sulfide) groups is 1. The summed E-state index contributed by atoms with van der Waals surface area (Å²) in [5, 5.41) is 2.25. The number of benzene rings is 2. The predicted molar refractivity (Wildman–Crippen MR) is 96.1 cm³/mol. The lowest BCUT2D eigenvalue weighted by Gasteiger charge is -2.23. The average molecular weight is 355 g/mol. The van der Waals surface area contributed by atoms with E-state index in [4.69, 9.17) is 0 Å². The van der Waals surface area contributed by atoms with E-state index >= 15 is 0 Å². The largest absolute Gasteiger partial charge is 0.324 e. The minimum absolute atomic E-state index is 0.0289. The Hall–Kier alpha value is -2.80. The number of para-hydroxylation sites is 1. The van der Waals surface area contributed by atoms with E-state index in [9.17, 15) is 14.4 Å². The average Bonchev–Trinajstić information content (AvgIpc) is 2.61. The summed E-state index contributed by atoms with van der Waals surface area (Å²) >= 11 is 1.34. The molecule has 0 aromatic heterocycles. The molecule has 25 heavy (non-hydrogen) atoms. The van der Waals surface area contributed by atoms with Gasteiger partial charge in [0.1, 0.15) is 0 Å². The van der Waals surface area contributed by atoms with Crippen molar-refractivity contribution in [2.24, 2.45) is 0 Å². The van der Waals surface area contributed by atoms with Crippen molar-refractivity contribution in [2.45, 2.75) is 23.5 Å². The molecule has 1 aliphatic rings. The van der Waals surface area contributed by atoms with Crippen LogP contribution in [0.25, 0.3) is 0 Å². The first-order valence-electron chi connectivity index (χ1n) is 7.76. The van der Waals surface area contributed by atoms with Gasteiger partial charge in [-0.2, -0.15) is 0 Å². The highest BCUT2D eigenvalue weighted by atomic mass is 32.2. The van der Waals surface area contributed by atoms with Crippen LogP contribution in [0.2, 0.25) is 0 Å². The van der Waals surface area contributed by atoms with Gasteiger partial charge in [-0.1, -0.05) is 30.3 Å². The Morgan fingerprint density at radius 3 is 2.60 bits per heavy atom. The van der Waals surface area contributed by atoms with Crippen LogP contribution in [-0.4, -0.2) is 23.0 Å². The smallest absolute Gasteiger partial charge is 0.269 e. The summed E-state index contributed by atoms with van der Waals surface area (Å²) in [7, 11) is 0. The fourth-order valence-corrected chi connectivity index (χ4v) is 3.58. The first-order valence-corrected chi connectivity index (χ1v) is 8.64. The van der Waals surface area contributed by atoms with Gasteiger partial charge in [-0.25, -0.2) is 0 Å². The molecular formula is C18H17N3O3S. The van der Waals surface area contributed by atoms with Crippen LogP contribution >= 0.6 is 11.8 Å². The van der Waals surface area contributed by atoms with E-state index in [0.29, 0.717) is 5.56 Å². The lowest BCUT2D eigenvalue weighted by atomic mass is 10.1. The maximum Gasteiger partial charge on any atom is 0.269 e. The molecule has 2 aromatic carbocycles. The molecule has 0 saturated carbocycles. The summed E-state index contributed by atoms with van der Waals surface area (Å²) in [6.07, 6.45) is -0.0289. The quantitative estimate of drug-likeness (QED) is 0.737. The molecule has 1 atom stereocenters. The fourth-order valence-electron chi connectivity index (χ4n) is 2.47. The number of fused-ring (bicyclic) bond motifs is 1. The van der Waals surface area contributed by atoms with Gasteiger partial charge in [0.05, 0.1) is 10.9 Å². The third-order valence-corrected chi connectivity index (χ3v) is 5.06. The van der Waals surface area contributed by atoms with Gasteiger partial charge in [0.2, 0.25) is 11.8 Å². The van der Waals surface area contributed by atoms with Gasteiger partial charge in [0, 0.05) is 16.9 Å². The van der Waals surface area contributed by atoms with E-state index in [1.807, 2.05) is 43.3 Å². The second-order valence-corrected chi connectivity index (χ2v) is 6.86. The summed E-state index contributed by atoms with van der Waals surface area (Å²) < 4.78 is 0. The van der Waals surface area contributed by atoms with Crippen molar-refractivity contribution in [1.29, 1.82) is 0 Å². The van der Waals surface area contributed by atoms with Crippen molar-refractivity contribution in [3.63, 3.8) is 0 Å². The van der Waals surface area contributed by atoms with Crippen LogP contribution in [0.4, 0.5) is 5.69 Å². The Morgan fingerprint density at radius 1 is 1.08 bits per heavy atom. The standard InChI is InChI=1S/C18H17N3O3S/c1-11-6-2-3-7-12(11)17(23)21-20-16(22)10-15-18(24)19-13-8-4-5-9-14(13)25-15/h2-9,15H,10H2,1H3,(H,19,24)(H,20,22)(H,21,23)/t15-/m1/s1. The molecule has 3 N–H and O–H groups in total. The van der Waals surface area contributed by atoms with Gasteiger partial charge in [0.15, 0.2) is 0 Å². The normalized spacial score (nSPS) is 15.7. The summed E-state index contributed by atoms with van der Waals surface area (Å²) in [6.45, 7) is 1.82. The molecule has 0 saturated heterocycles. The second kappa shape index (κ2) is 7.40. The van der Waals surface area contributed by atoms with Crippen LogP contribution < -0.4 is 16.2 Å². The first kappa shape index (κ1) is 17.0. The maximum absolute atomic E-state index is 12.1. The summed E-state index contributed by atoms with van der Waals surface area (Å²) in [4.78, 5) is 37.2. The Balaban J connectivity index is 1.56. The molecular weight excluding hydrogens is 338 g/mol. The number of amides is 3. The number of hydrogen-bond donors (Lipinski definition) is 3. The lowest BCUT2D eigenvalue weighted by molar-refractivity contribution is -0.124. The van der Waals surface area contributed by atoms with Crippen LogP contribution in [0.5, 0.6) is 0 Å². The first-order chi connectivity index (χ1) is 12.0. The molecule has 6 nitrogen and oxygen atoms in total. The van der Waals surface area contributed by atoms with Crippen molar-refractivity contribution in [3.05, 3.63) is 59.7 Å². The highest BCUT2D eigenvalue weighted by Crippen LogP contribution is 2.36. The van der Waals surface area contributed by atoms with E-state index < -0.39 is 17.1 Å². The van der Waals surface area contributed by atoms with E-state index in [2.05, 4.69) is 16.2 Å². The van der Waals surface area contributed by atoms with Crippen molar-refractivity contribution in [1.82, 2.24) is 10.9 Å². The van der Waals surface area contributed by atoms with E-state index in [-0.39, 0.29) is 12.3 Å². The number of rotatable bonds is 3. The molecule has 0 fully saturated rings. The van der Waals surface area contributed by atoms with Gasteiger partial charge < -0.3 is 5.32 Å². The van der Waals surface area contributed by atoms with Crippen LogP contribution in [-0.2, 0) is 9.59 Å². The third-order valence-electron chi connectivity index (χ3n) is 3.78. The van der Waals surface area contributed by atoms with Crippen LogP contribution in [0.1, 0.15) is 22.3 Å². The predicted octanol–water partition coefficient (Wildman–Crippen LogP) is 2.26. The van der Waals surface area contributed by atoms with Gasteiger partial charge >= 0.3 is 0 Å². The highest BCUT2D eigenvalue weighted by molar-refractivity contribution is 8.01. The van der Waals surface area contributed by atoms with Gasteiger partial charge in [-0.3, -0.25) is 25.2 Å². The summed E-state index contributed by atoms with van der Waals surface area (Å²) in [5.41, 5.74) is 6.80. The Labute approximate surface area is 149 Å². The SMILES string of the molecule is Cc1ccccc1C(=O)NNC(=O)C[C@H]1Sc2ccccc2NC1=O. The number of carbonyl (C=O) groups excluding carboxylic acids is 3. The Morgan fingerprint density at radius 2 is 1.80 bits per heavy atom. The third kappa shape index (κ3) is 4.00. The zero-order valence-corrected chi connectivity index (χ0v) is 14.4. The number of nitrogens with one attached hydrogen (secondary N) is 3. The number of hydrazine groups is 1. The molecule has 3 amide bonds. The molecule has 0 spiro atoms. The van der Waals surface area contributed by atoms with Crippen molar-refractivity contribution in [3.8, 4) is 0 Å². The summed E-state index contributed by atoms with van der Waals surface area (Å²) in [5.74, 6) is -1.03. The van der Waals surface area contributed by atoms with Gasteiger partial charge in [-0.05, 0) is 30.7 Å². The van der Waals surface area contributed by atoms with Crippen molar-refractivity contribution < 1.29 is 14.4 Å². The minimum atomic E-state index is -0.537. The van der Waals surface area contributed by atoms with E-state index in [1.54, 1.807) is 12.1 Å². The zero-order chi connectivity index (χ0) is 17.8. The Bertz CT molecular complexity index is 838. The van der Waals surface area contributed by atoms with E-state index in [1.165, 1.54) is 11.8 Å². The zero-order valence-electron chi connectivity index (χ0n) is 13.5. The molecule has 0 aliphatic carbocycles. The van der Waals surface area contributed by atoms with Crippen LogP contribution in [0.3, 0.4) is 0 Å². The van der Waals surface area contributed by atoms with E-state index in [0.717, 1.165) is 16.1 Å². The lowest BCUT2D eigenvalue weighted by Crippen LogP contribution is -2.44. The van der Waals surface area contributed by atoms with Gasteiger partial charge in [-0.15, -0.1) is 11.8 Å². The highest BCUT2D eigenvalue weighted by Gasteiger charge is 2.28. The van der Waals surface area contributed by atoms with Crippen LogP contribution in [0, 0.1) is 6.92 Å². The molecule has 0 radical (unpaired) electrons. The molecule has 1 heterocycles. The molecule has 1 aliphatic heterocycles. The maximum atomic E-state index is 12.1. The van der Waals surface area contributed by atoms with Crippen molar-refractivity contribution in [2.75, 3.05) is 5.32 Å².